The Labute approximate surface area is 112 Å². The molecule has 0 aromatic carbocycles. The first-order valence-electron chi connectivity index (χ1n) is 6.00. The van der Waals surface area contributed by atoms with E-state index < -0.39 is 16.0 Å². The van der Waals surface area contributed by atoms with Crippen LogP contribution < -0.4 is 5.14 Å². The topological polar surface area (TPSA) is 115 Å². The van der Waals surface area contributed by atoms with Gasteiger partial charge in [0, 0.05) is 0 Å². The Morgan fingerprint density at radius 2 is 2.00 bits per heavy atom. The third kappa shape index (κ3) is 3.54. The van der Waals surface area contributed by atoms with Gasteiger partial charge < -0.3 is 4.74 Å². The lowest BCUT2D eigenvalue weighted by molar-refractivity contribution is 0.0323. The van der Waals surface area contributed by atoms with E-state index in [9.17, 15) is 13.2 Å². The minimum Gasteiger partial charge on any atom is -0.458 e. The Morgan fingerprint density at radius 3 is 2.42 bits per heavy atom. The summed E-state index contributed by atoms with van der Waals surface area (Å²) in [7, 11) is -4.05. The molecule has 1 aromatic rings. The van der Waals surface area contributed by atoms with Gasteiger partial charge in [0.25, 0.3) is 0 Å². The Kier molecular flexibility index (Phi) is 4.70. The zero-order valence-electron chi connectivity index (χ0n) is 11.4. The molecule has 19 heavy (non-hydrogen) atoms. The van der Waals surface area contributed by atoms with Crippen molar-refractivity contribution < 1.29 is 17.9 Å². The molecule has 1 rings (SSSR count). The van der Waals surface area contributed by atoms with Gasteiger partial charge in [-0.3, -0.25) is 5.10 Å². The van der Waals surface area contributed by atoms with Gasteiger partial charge in [-0.15, -0.1) is 0 Å². The van der Waals surface area contributed by atoms with E-state index in [0.29, 0.717) is 12.1 Å². The van der Waals surface area contributed by atoms with Crippen LogP contribution in [0, 0.1) is 0 Å². The molecule has 0 fully saturated rings. The summed E-state index contributed by atoms with van der Waals surface area (Å²) in [5.74, 6) is -0.951. The van der Waals surface area contributed by atoms with Crippen LogP contribution in [-0.4, -0.2) is 30.7 Å². The van der Waals surface area contributed by atoms with Gasteiger partial charge in [-0.25, -0.2) is 18.4 Å². The van der Waals surface area contributed by atoms with Gasteiger partial charge >= 0.3 is 5.97 Å². The number of H-pyrrole nitrogens is 1. The molecule has 0 aliphatic heterocycles. The van der Waals surface area contributed by atoms with Gasteiger partial charge in [-0.05, 0) is 19.3 Å². The van der Waals surface area contributed by atoms with Crippen molar-refractivity contribution in [3.8, 4) is 0 Å². The predicted molar refractivity (Wildman–Crippen MR) is 69.2 cm³/mol. The molecule has 8 heteroatoms. The number of hydrogen-bond donors (Lipinski definition) is 2. The summed E-state index contributed by atoms with van der Waals surface area (Å²) in [6, 6.07) is 0. The van der Waals surface area contributed by atoms with E-state index in [1.165, 1.54) is 0 Å². The van der Waals surface area contributed by atoms with Crippen LogP contribution in [0.2, 0.25) is 0 Å². The molecule has 0 saturated heterocycles. The SMILES string of the molecule is CCC(C)OC(=O)c1n[nH]c(C(C)C)c1S(N)(=O)=O. The van der Waals surface area contributed by atoms with E-state index >= 15 is 0 Å². The second-order valence-electron chi connectivity index (χ2n) is 4.64. The predicted octanol–water partition coefficient (Wildman–Crippen LogP) is 1.14. The quantitative estimate of drug-likeness (QED) is 0.788. The fourth-order valence-corrected chi connectivity index (χ4v) is 2.47. The maximum absolute atomic E-state index is 11.9. The minimum atomic E-state index is -4.05. The number of sulfonamides is 1. The molecule has 0 aliphatic rings. The monoisotopic (exact) mass is 289 g/mol. The molecular weight excluding hydrogens is 270 g/mol. The number of carbonyl (C=O) groups excluding carboxylic acids is 1. The van der Waals surface area contributed by atoms with Crippen LogP contribution in [0.15, 0.2) is 4.90 Å². The summed E-state index contributed by atoms with van der Waals surface area (Å²) < 4.78 is 28.3. The van der Waals surface area contributed by atoms with E-state index in [2.05, 4.69) is 10.2 Å². The molecule has 7 nitrogen and oxygen atoms in total. The number of rotatable bonds is 5. The van der Waals surface area contributed by atoms with Crippen molar-refractivity contribution in [2.75, 3.05) is 0 Å². The standard InChI is InChI=1S/C11H19N3O4S/c1-5-7(4)18-11(15)9-10(19(12,16)17)8(6(2)3)13-14-9/h6-7H,5H2,1-4H3,(H,13,14)(H2,12,16,17). The zero-order chi connectivity index (χ0) is 14.8. The number of ether oxygens (including phenoxy) is 1. The summed E-state index contributed by atoms with van der Waals surface area (Å²) in [4.78, 5) is 11.6. The van der Waals surface area contributed by atoms with Crippen LogP contribution >= 0.6 is 0 Å². The van der Waals surface area contributed by atoms with E-state index in [0.717, 1.165) is 0 Å². The van der Waals surface area contributed by atoms with Crippen molar-refractivity contribution in [2.24, 2.45) is 5.14 Å². The molecule has 0 bridgehead atoms. The van der Waals surface area contributed by atoms with Gasteiger partial charge in [0.2, 0.25) is 10.0 Å². The second-order valence-corrected chi connectivity index (χ2v) is 6.14. The average molecular weight is 289 g/mol. The van der Waals surface area contributed by atoms with E-state index in [4.69, 9.17) is 9.88 Å². The molecule has 1 unspecified atom stereocenters. The molecule has 0 saturated carbocycles. The fourth-order valence-electron chi connectivity index (χ4n) is 1.48. The highest BCUT2D eigenvalue weighted by atomic mass is 32.2. The third-order valence-electron chi connectivity index (χ3n) is 2.69. The molecule has 108 valence electrons. The minimum absolute atomic E-state index is 0.161. The Morgan fingerprint density at radius 1 is 1.42 bits per heavy atom. The lowest BCUT2D eigenvalue weighted by Gasteiger charge is -2.10. The van der Waals surface area contributed by atoms with E-state index in [1.54, 1.807) is 20.8 Å². The van der Waals surface area contributed by atoms with Crippen LogP contribution in [0.4, 0.5) is 0 Å². The maximum Gasteiger partial charge on any atom is 0.360 e. The lowest BCUT2D eigenvalue weighted by atomic mass is 10.1. The summed E-state index contributed by atoms with van der Waals surface area (Å²) in [5, 5.41) is 11.4. The van der Waals surface area contributed by atoms with Crippen molar-refractivity contribution in [3.63, 3.8) is 0 Å². The smallest absolute Gasteiger partial charge is 0.360 e. The van der Waals surface area contributed by atoms with Crippen LogP contribution in [0.3, 0.4) is 0 Å². The number of nitrogens with two attached hydrogens (primary N) is 1. The summed E-state index contributed by atoms with van der Waals surface area (Å²) >= 11 is 0. The van der Waals surface area contributed by atoms with Gasteiger partial charge in [0.05, 0.1) is 11.8 Å². The van der Waals surface area contributed by atoms with Gasteiger partial charge in [-0.2, -0.15) is 5.10 Å². The summed E-state index contributed by atoms with van der Waals surface area (Å²) in [6.07, 6.45) is 0.304. The number of aromatic nitrogens is 2. The lowest BCUT2D eigenvalue weighted by Crippen LogP contribution is -2.21. The van der Waals surface area contributed by atoms with Crippen molar-refractivity contribution in [1.29, 1.82) is 0 Å². The molecule has 1 heterocycles. The van der Waals surface area contributed by atoms with E-state index in [1.807, 2.05) is 6.92 Å². The maximum atomic E-state index is 11.9. The van der Waals surface area contributed by atoms with Crippen molar-refractivity contribution in [2.45, 2.75) is 51.0 Å². The molecule has 0 spiro atoms. The zero-order valence-corrected chi connectivity index (χ0v) is 12.2. The number of hydrogen-bond acceptors (Lipinski definition) is 5. The number of nitrogens with one attached hydrogen (secondary N) is 1. The molecule has 1 aromatic heterocycles. The third-order valence-corrected chi connectivity index (χ3v) is 3.67. The van der Waals surface area contributed by atoms with Gasteiger partial charge in [-0.1, -0.05) is 20.8 Å². The Balaban J connectivity index is 3.26. The van der Waals surface area contributed by atoms with Crippen LogP contribution in [0.25, 0.3) is 0 Å². The number of aromatic amines is 1. The number of esters is 1. The summed E-state index contributed by atoms with van der Waals surface area (Å²) in [5.41, 5.74) is 0.0186. The highest BCUT2D eigenvalue weighted by Gasteiger charge is 2.30. The second kappa shape index (κ2) is 5.70. The Bertz CT molecular complexity index is 562. The molecule has 1 atom stereocenters. The molecule has 0 amide bonds. The van der Waals surface area contributed by atoms with Crippen molar-refractivity contribution >= 4 is 16.0 Å². The highest BCUT2D eigenvalue weighted by molar-refractivity contribution is 7.89. The average Bonchev–Trinajstić information content (AvgIpc) is 2.72. The first-order valence-corrected chi connectivity index (χ1v) is 7.55. The first kappa shape index (κ1) is 15.6. The van der Waals surface area contributed by atoms with E-state index in [-0.39, 0.29) is 22.6 Å². The number of nitrogens with zero attached hydrogens (tertiary/aromatic N) is 1. The first-order chi connectivity index (χ1) is 8.68. The molecule has 3 N–H and O–H groups in total. The fraction of sp³-hybridized carbons (Fsp3) is 0.636. The summed E-state index contributed by atoms with van der Waals surface area (Å²) in [6.45, 7) is 7.10. The molecular formula is C11H19N3O4S. The van der Waals surface area contributed by atoms with Crippen LogP contribution in [0.5, 0.6) is 0 Å². The number of carbonyl (C=O) groups is 1. The Hall–Kier alpha value is -1.41. The molecule has 0 aliphatic carbocycles. The van der Waals surface area contributed by atoms with Crippen LogP contribution in [-0.2, 0) is 14.8 Å². The van der Waals surface area contributed by atoms with Gasteiger partial charge in [0.15, 0.2) is 5.69 Å². The van der Waals surface area contributed by atoms with Crippen molar-refractivity contribution in [1.82, 2.24) is 10.2 Å². The molecule has 0 radical (unpaired) electrons. The number of primary sulfonamides is 1. The van der Waals surface area contributed by atoms with Gasteiger partial charge in [0.1, 0.15) is 4.90 Å². The highest BCUT2D eigenvalue weighted by Crippen LogP contribution is 2.24. The normalized spacial score (nSPS) is 13.6. The van der Waals surface area contributed by atoms with Crippen molar-refractivity contribution in [3.05, 3.63) is 11.4 Å². The van der Waals surface area contributed by atoms with Crippen LogP contribution in [0.1, 0.15) is 56.2 Å². The largest absolute Gasteiger partial charge is 0.458 e.